The minimum absolute atomic E-state index is 0.0780. The van der Waals surface area contributed by atoms with Crippen molar-refractivity contribution in [2.45, 2.75) is 27.3 Å². The number of rotatable bonds is 6. The van der Waals surface area contributed by atoms with Crippen LogP contribution in [0.2, 0.25) is 0 Å². The molecule has 0 saturated carbocycles. The van der Waals surface area contributed by atoms with Crippen LogP contribution in [-0.4, -0.2) is 32.2 Å². The first kappa shape index (κ1) is 15.3. The Balaban J connectivity index is 2.08. The fraction of sp³-hybridized carbons (Fsp3) is 0.538. The van der Waals surface area contributed by atoms with Gasteiger partial charge in [0.2, 0.25) is 0 Å². The maximum atomic E-state index is 12.1. The number of nitrogens with zero attached hydrogens (tertiary/aromatic N) is 1. The van der Waals surface area contributed by atoms with Gasteiger partial charge in [-0.3, -0.25) is 9.00 Å². The van der Waals surface area contributed by atoms with Gasteiger partial charge in [-0.1, -0.05) is 6.92 Å². The second-order valence-corrected chi connectivity index (χ2v) is 7.65. The smallest absolute Gasteiger partial charge is 0.259 e. The van der Waals surface area contributed by atoms with Crippen molar-refractivity contribution in [3.63, 3.8) is 0 Å². The zero-order chi connectivity index (χ0) is 14.7. The van der Waals surface area contributed by atoms with Crippen LogP contribution in [0.5, 0.6) is 0 Å². The van der Waals surface area contributed by atoms with E-state index >= 15 is 0 Å². The van der Waals surface area contributed by atoms with Crippen LogP contribution in [0.4, 0.5) is 0 Å². The third-order valence-electron chi connectivity index (χ3n) is 3.21. The summed E-state index contributed by atoms with van der Waals surface area (Å²) in [5, 5.41) is 3.86. The molecule has 0 aliphatic heterocycles. The van der Waals surface area contributed by atoms with Crippen LogP contribution in [-0.2, 0) is 17.3 Å². The van der Waals surface area contributed by atoms with E-state index in [4.69, 9.17) is 0 Å². The average molecular weight is 313 g/mol. The van der Waals surface area contributed by atoms with Crippen molar-refractivity contribution in [2.24, 2.45) is 0 Å². The van der Waals surface area contributed by atoms with Crippen LogP contribution in [0.1, 0.15) is 23.2 Å². The molecule has 0 radical (unpaired) electrons. The average Bonchev–Trinajstić information content (AvgIpc) is 2.70. The molecule has 110 valence electrons. The standard InChI is InChI=1S/C13H19N3O2S2/c1-4-20(18)6-5-14-7-10-15-12(17)11-8(2)9(3)19-13(11)16-10/h14H,4-7H2,1-3H3,(H,15,16,17). The molecule has 2 aromatic rings. The van der Waals surface area contributed by atoms with Crippen molar-refractivity contribution in [3.8, 4) is 0 Å². The topological polar surface area (TPSA) is 74.8 Å². The number of thiophene rings is 1. The van der Waals surface area contributed by atoms with Crippen LogP contribution in [0.25, 0.3) is 10.2 Å². The van der Waals surface area contributed by atoms with Gasteiger partial charge < -0.3 is 10.3 Å². The summed E-state index contributed by atoms with van der Waals surface area (Å²) in [6.45, 7) is 7.00. The second-order valence-electron chi connectivity index (χ2n) is 4.59. The van der Waals surface area contributed by atoms with Crippen LogP contribution >= 0.6 is 11.3 Å². The van der Waals surface area contributed by atoms with Gasteiger partial charge in [0.05, 0.1) is 11.9 Å². The van der Waals surface area contributed by atoms with E-state index in [2.05, 4.69) is 15.3 Å². The molecule has 1 unspecified atom stereocenters. The highest BCUT2D eigenvalue weighted by Gasteiger charge is 2.11. The van der Waals surface area contributed by atoms with Gasteiger partial charge in [0, 0.05) is 33.7 Å². The van der Waals surface area contributed by atoms with Crippen molar-refractivity contribution in [1.29, 1.82) is 0 Å². The van der Waals surface area contributed by atoms with Crippen LogP contribution in [0.15, 0.2) is 4.79 Å². The molecule has 0 aliphatic carbocycles. The van der Waals surface area contributed by atoms with E-state index in [0.29, 0.717) is 35.8 Å². The molecule has 2 heterocycles. The zero-order valence-electron chi connectivity index (χ0n) is 11.9. The fourth-order valence-electron chi connectivity index (χ4n) is 1.92. The van der Waals surface area contributed by atoms with E-state index < -0.39 is 10.8 Å². The summed E-state index contributed by atoms with van der Waals surface area (Å²) >= 11 is 1.55. The third kappa shape index (κ3) is 3.34. The first-order chi connectivity index (χ1) is 9.52. The number of aromatic nitrogens is 2. The van der Waals surface area contributed by atoms with Gasteiger partial charge in [0.15, 0.2) is 0 Å². The van der Waals surface area contributed by atoms with Gasteiger partial charge in [0.25, 0.3) is 5.56 Å². The van der Waals surface area contributed by atoms with E-state index in [-0.39, 0.29) is 5.56 Å². The van der Waals surface area contributed by atoms with Gasteiger partial charge >= 0.3 is 0 Å². The highest BCUT2D eigenvalue weighted by molar-refractivity contribution is 7.84. The molecule has 2 rings (SSSR count). The van der Waals surface area contributed by atoms with Crippen molar-refractivity contribution in [2.75, 3.05) is 18.1 Å². The maximum Gasteiger partial charge on any atom is 0.259 e. The first-order valence-corrected chi connectivity index (χ1v) is 8.88. The lowest BCUT2D eigenvalue weighted by Gasteiger charge is -2.04. The Kier molecular flexibility index (Phi) is 5.06. The molecular formula is C13H19N3O2S2. The molecule has 5 nitrogen and oxygen atoms in total. The van der Waals surface area contributed by atoms with Gasteiger partial charge in [0.1, 0.15) is 10.7 Å². The number of nitrogens with one attached hydrogen (secondary N) is 2. The molecule has 0 bridgehead atoms. The Bertz CT molecular complexity index is 691. The minimum Gasteiger partial charge on any atom is -0.309 e. The first-order valence-electron chi connectivity index (χ1n) is 6.57. The molecule has 0 amide bonds. The van der Waals surface area contributed by atoms with Crippen molar-refractivity contribution in [1.82, 2.24) is 15.3 Å². The Morgan fingerprint density at radius 3 is 2.85 bits per heavy atom. The fourth-order valence-corrected chi connectivity index (χ4v) is 3.63. The minimum atomic E-state index is -0.764. The quantitative estimate of drug-likeness (QED) is 0.792. The Morgan fingerprint density at radius 2 is 2.15 bits per heavy atom. The summed E-state index contributed by atoms with van der Waals surface area (Å²) in [6, 6.07) is 0. The van der Waals surface area contributed by atoms with E-state index in [1.165, 1.54) is 0 Å². The van der Waals surface area contributed by atoms with Gasteiger partial charge in [-0.05, 0) is 19.4 Å². The van der Waals surface area contributed by atoms with Crippen molar-refractivity contribution < 1.29 is 4.21 Å². The molecule has 1 atom stereocenters. The molecule has 0 spiro atoms. The number of fused-ring (bicyclic) bond motifs is 1. The third-order valence-corrected chi connectivity index (χ3v) is 5.61. The molecule has 7 heteroatoms. The lowest BCUT2D eigenvalue weighted by molar-refractivity contribution is 0.666. The van der Waals surface area contributed by atoms with E-state index in [1.54, 1.807) is 11.3 Å². The SMILES string of the molecule is CCS(=O)CCNCc1nc2sc(C)c(C)c2c(=O)[nH]1. The van der Waals surface area contributed by atoms with Crippen LogP contribution in [0.3, 0.4) is 0 Å². The molecule has 20 heavy (non-hydrogen) atoms. The van der Waals surface area contributed by atoms with Crippen molar-refractivity contribution in [3.05, 3.63) is 26.6 Å². The van der Waals surface area contributed by atoms with Gasteiger partial charge in [-0.25, -0.2) is 4.98 Å². The second kappa shape index (κ2) is 6.60. The molecule has 2 aromatic heterocycles. The molecule has 0 saturated heterocycles. The zero-order valence-corrected chi connectivity index (χ0v) is 13.5. The predicted molar refractivity (Wildman–Crippen MR) is 85.0 cm³/mol. The van der Waals surface area contributed by atoms with Gasteiger partial charge in [-0.15, -0.1) is 11.3 Å². The lowest BCUT2D eigenvalue weighted by atomic mass is 10.2. The maximum absolute atomic E-state index is 12.1. The molecule has 0 aromatic carbocycles. The Morgan fingerprint density at radius 1 is 1.40 bits per heavy atom. The highest BCUT2D eigenvalue weighted by Crippen LogP contribution is 2.25. The Hall–Kier alpha value is -1.05. The largest absolute Gasteiger partial charge is 0.309 e. The number of H-pyrrole nitrogens is 1. The number of aromatic amines is 1. The predicted octanol–water partition coefficient (Wildman–Crippen LogP) is 1.46. The summed E-state index contributed by atoms with van der Waals surface area (Å²) in [7, 11) is -0.764. The highest BCUT2D eigenvalue weighted by atomic mass is 32.2. The normalized spacial score (nSPS) is 12.9. The van der Waals surface area contributed by atoms with Crippen LogP contribution < -0.4 is 10.9 Å². The molecule has 0 fully saturated rings. The number of hydrogen-bond acceptors (Lipinski definition) is 5. The van der Waals surface area contributed by atoms with Gasteiger partial charge in [-0.2, -0.15) is 0 Å². The summed E-state index contributed by atoms with van der Waals surface area (Å²) in [4.78, 5) is 21.3. The summed E-state index contributed by atoms with van der Waals surface area (Å²) in [5.41, 5.74) is 0.933. The van der Waals surface area contributed by atoms with E-state index in [9.17, 15) is 9.00 Å². The molecule has 0 aliphatic rings. The molecular weight excluding hydrogens is 294 g/mol. The Labute approximate surface area is 124 Å². The van der Waals surface area contributed by atoms with Crippen LogP contribution in [0, 0.1) is 13.8 Å². The molecule has 2 N–H and O–H groups in total. The lowest BCUT2D eigenvalue weighted by Crippen LogP contribution is -2.23. The van der Waals surface area contributed by atoms with E-state index in [0.717, 1.165) is 15.3 Å². The van der Waals surface area contributed by atoms with Crippen molar-refractivity contribution >= 4 is 32.4 Å². The number of aryl methyl sites for hydroxylation is 2. The summed E-state index contributed by atoms with van der Waals surface area (Å²) in [6.07, 6.45) is 0. The summed E-state index contributed by atoms with van der Waals surface area (Å²) < 4.78 is 11.3. The number of hydrogen-bond donors (Lipinski definition) is 2. The van der Waals surface area contributed by atoms with E-state index in [1.807, 2.05) is 20.8 Å². The summed E-state index contributed by atoms with van der Waals surface area (Å²) in [5.74, 6) is 1.93. The monoisotopic (exact) mass is 313 g/mol.